The Hall–Kier alpha value is -1.10. The Morgan fingerprint density at radius 3 is 2.29 bits per heavy atom. The molecule has 0 bridgehead atoms. The number of carboxylic acids is 2. The first kappa shape index (κ1) is 14.0. The minimum atomic E-state index is -0.994. The van der Waals surface area contributed by atoms with Crippen molar-refractivity contribution in [3.8, 4) is 0 Å². The summed E-state index contributed by atoms with van der Waals surface area (Å²) < 4.78 is 0. The van der Waals surface area contributed by atoms with Crippen molar-refractivity contribution in [2.45, 2.75) is 26.7 Å². The fourth-order valence-corrected chi connectivity index (χ4v) is 2.21. The Bertz CT molecular complexity index is 290. The second-order valence-corrected chi connectivity index (χ2v) is 5.16. The van der Waals surface area contributed by atoms with Crippen LogP contribution in [0.4, 0.5) is 0 Å². The van der Waals surface area contributed by atoms with Crippen LogP contribution in [0, 0.1) is 17.8 Å². The van der Waals surface area contributed by atoms with Gasteiger partial charge in [0.25, 0.3) is 0 Å². The van der Waals surface area contributed by atoms with E-state index in [4.69, 9.17) is 10.2 Å². The second kappa shape index (κ2) is 6.00. The number of carbonyl (C=O) groups is 2. The van der Waals surface area contributed by atoms with Gasteiger partial charge in [0.1, 0.15) is 0 Å². The Morgan fingerprint density at radius 1 is 1.24 bits per heavy atom. The highest BCUT2D eigenvalue weighted by Crippen LogP contribution is 2.24. The lowest BCUT2D eigenvalue weighted by atomic mass is 9.85. The maximum Gasteiger partial charge on any atom is 0.308 e. The first-order valence-electron chi connectivity index (χ1n) is 6.09. The van der Waals surface area contributed by atoms with Gasteiger partial charge in [0.2, 0.25) is 0 Å². The minimum absolute atomic E-state index is 0.360. The summed E-state index contributed by atoms with van der Waals surface area (Å²) in [4.78, 5) is 24.1. The lowest BCUT2D eigenvalue weighted by Gasteiger charge is -2.34. The van der Waals surface area contributed by atoms with Gasteiger partial charge in [-0.1, -0.05) is 13.8 Å². The number of aliphatic carboxylic acids is 2. The summed E-state index contributed by atoms with van der Waals surface area (Å²) in [6.45, 7) is 6.15. The molecule has 0 saturated carbocycles. The Morgan fingerprint density at radius 2 is 1.82 bits per heavy atom. The van der Waals surface area contributed by atoms with Gasteiger partial charge in [-0.25, -0.2) is 0 Å². The molecule has 1 saturated heterocycles. The predicted octanol–water partition coefficient (Wildman–Crippen LogP) is 1.14. The molecule has 0 aliphatic carbocycles. The lowest BCUT2D eigenvalue weighted by Crippen LogP contribution is -2.46. The van der Waals surface area contributed by atoms with Crippen molar-refractivity contribution < 1.29 is 19.8 Å². The normalized spacial score (nSPS) is 26.1. The van der Waals surface area contributed by atoms with Crippen molar-refractivity contribution in [1.29, 1.82) is 0 Å². The molecule has 0 spiro atoms. The van der Waals surface area contributed by atoms with E-state index in [-0.39, 0.29) is 0 Å². The molecule has 0 aromatic rings. The largest absolute Gasteiger partial charge is 0.481 e. The number of carboxylic acid groups (broad SMARTS) is 2. The monoisotopic (exact) mass is 243 g/mol. The molecule has 1 aliphatic heterocycles. The molecule has 0 aromatic heterocycles. The number of rotatable bonds is 5. The summed E-state index contributed by atoms with van der Waals surface area (Å²) in [5, 5.41) is 18.0. The summed E-state index contributed by atoms with van der Waals surface area (Å²) in [7, 11) is 0. The average Bonchev–Trinajstić information content (AvgIpc) is 2.25. The van der Waals surface area contributed by atoms with Crippen LogP contribution >= 0.6 is 0 Å². The van der Waals surface area contributed by atoms with Gasteiger partial charge in [0.05, 0.1) is 11.8 Å². The number of piperidine rings is 1. The third-order valence-electron chi connectivity index (χ3n) is 3.35. The van der Waals surface area contributed by atoms with Crippen LogP contribution in [0.15, 0.2) is 0 Å². The van der Waals surface area contributed by atoms with Gasteiger partial charge in [-0.15, -0.1) is 0 Å². The van der Waals surface area contributed by atoms with Crippen molar-refractivity contribution >= 4 is 11.9 Å². The number of nitrogens with zero attached hydrogens (tertiary/aromatic N) is 1. The molecule has 1 fully saturated rings. The van der Waals surface area contributed by atoms with Gasteiger partial charge in [0.15, 0.2) is 0 Å². The van der Waals surface area contributed by atoms with E-state index in [1.165, 1.54) is 0 Å². The molecule has 5 heteroatoms. The molecule has 2 unspecified atom stereocenters. The van der Waals surface area contributed by atoms with Crippen LogP contribution in [0.1, 0.15) is 26.7 Å². The quantitative estimate of drug-likeness (QED) is 0.757. The van der Waals surface area contributed by atoms with Crippen molar-refractivity contribution in [1.82, 2.24) is 4.90 Å². The van der Waals surface area contributed by atoms with Gasteiger partial charge < -0.3 is 15.1 Å². The van der Waals surface area contributed by atoms with Gasteiger partial charge in [-0.05, 0) is 31.8 Å². The third kappa shape index (κ3) is 4.00. The van der Waals surface area contributed by atoms with E-state index in [9.17, 15) is 9.59 Å². The molecule has 0 radical (unpaired) electrons. The van der Waals surface area contributed by atoms with E-state index in [2.05, 4.69) is 18.7 Å². The topological polar surface area (TPSA) is 77.8 Å². The van der Waals surface area contributed by atoms with Crippen LogP contribution in [0.5, 0.6) is 0 Å². The van der Waals surface area contributed by atoms with E-state index >= 15 is 0 Å². The molecule has 5 nitrogen and oxygen atoms in total. The average molecular weight is 243 g/mol. The molecule has 1 rings (SSSR count). The fraction of sp³-hybridized carbons (Fsp3) is 0.833. The van der Waals surface area contributed by atoms with Crippen LogP contribution in [0.25, 0.3) is 0 Å². The third-order valence-corrected chi connectivity index (χ3v) is 3.35. The lowest BCUT2D eigenvalue weighted by molar-refractivity contribution is -0.157. The van der Waals surface area contributed by atoms with Gasteiger partial charge >= 0.3 is 11.9 Å². The van der Waals surface area contributed by atoms with Crippen molar-refractivity contribution in [2.75, 3.05) is 19.6 Å². The van der Waals surface area contributed by atoms with Gasteiger partial charge in [-0.2, -0.15) is 0 Å². The van der Waals surface area contributed by atoms with Crippen LogP contribution in [0.2, 0.25) is 0 Å². The molecule has 2 atom stereocenters. The summed E-state index contributed by atoms with van der Waals surface area (Å²) in [6, 6.07) is 0. The zero-order valence-electron chi connectivity index (χ0n) is 10.4. The summed E-state index contributed by atoms with van der Waals surface area (Å²) >= 11 is 0. The summed E-state index contributed by atoms with van der Waals surface area (Å²) in [6.07, 6.45) is 1.45. The van der Waals surface area contributed by atoms with E-state index < -0.39 is 23.8 Å². The first-order valence-corrected chi connectivity index (χ1v) is 6.09. The number of hydrogen-bond acceptors (Lipinski definition) is 3. The molecule has 2 N–H and O–H groups in total. The Balaban J connectivity index is 2.56. The fourth-order valence-electron chi connectivity index (χ4n) is 2.21. The highest BCUT2D eigenvalue weighted by Gasteiger charge is 2.38. The maximum absolute atomic E-state index is 11.1. The molecular formula is C12H21NO4. The zero-order valence-corrected chi connectivity index (χ0v) is 10.4. The minimum Gasteiger partial charge on any atom is -0.481 e. The molecule has 0 amide bonds. The first-order chi connectivity index (χ1) is 7.91. The van der Waals surface area contributed by atoms with Crippen LogP contribution in [-0.2, 0) is 9.59 Å². The smallest absolute Gasteiger partial charge is 0.308 e. The van der Waals surface area contributed by atoms with E-state index in [0.29, 0.717) is 25.4 Å². The van der Waals surface area contributed by atoms with Crippen LogP contribution < -0.4 is 0 Å². The number of likely N-dealkylation sites (tertiary alicyclic amines) is 1. The standard InChI is InChI=1S/C12H21NO4/c1-8(2)3-5-13-6-4-9(11(14)15)10(7-13)12(16)17/h8-10H,3-7H2,1-2H3,(H,14,15)(H,16,17). The predicted molar refractivity (Wildman–Crippen MR) is 62.8 cm³/mol. The molecule has 0 aromatic carbocycles. The highest BCUT2D eigenvalue weighted by atomic mass is 16.4. The maximum atomic E-state index is 11.1. The second-order valence-electron chi connectivity index (χ2n) is 5.16. The number of hydrogen-bond donors (Lipinski definition) is 2. The molecule has 1 heterocycles. The zero-order chi connectivity index (χ0) is 13.0. The molecular weight excluding hydrogens is 222 g/mol. The molecule has 17 heavy (non-hydrogen) atoms. The van der Waals surface area contributed by atoms with E-state index in [1.54, 1.807) is 0 Å². The van der Waals surface area contributed by atoms with E-state index in [0.717, 1.165) is 13.0 Å². The van der Waals surface area contributed by atoms with Crippen molar-refractivity contribution in [3.05, 3.63) is 0 Å². The van der Waals surface area contributed by atoms with Crippen LogP contribution in [0.3, 0.4) is 0 Å². The van der Waals surface area contributed by atoms with Gasteiger partial charge in [0, 0.05) is 6.54 Å². The van der Waals surface area contributed by atoms with Crippen molar-refractivity contribution in [2.24, 2.45) is 17.8 Å². The molecule has 1 aliphatic rings. The summed E-state index contributed by atoms with van der Waals surface area (Å²) in [5.41, 5.74) is 0. The summed E-state index contributed by atoms with van der Waals surface area (Å²) in [5.74, 6) is -2.90. The van der Waals surface area contributed by atoms with Gasteiger partial charge in [-0.3, -0.25) is 9.59 Å². The Labute approximate surface area is 101 Å². The van der Waals surface area contributed by atoms with E-state index in [1.807, 2.05) is 0 Å². The Kier molecular flexibility index (Phi) is 4.93. The highest BCUT2D eigenvalue weighted by molar-refractivity contribution is 5.80. The molecule has 98 valence electrons. The van der Waals surface area contributed by atoms with Crippen molar-refractivity contribution in [3.63, 3.8) is 0 Å². The van der Waals surface area contributed by atoms with Crippen LogP contribution in [-0.4, -0.2) is 46.7 Å². The SMILES string of the molecule is CC(C)CCN1CCC(C(=O)O)C(C(=O)O)C1.